The summed E-state index contributed by atoms with van der Waals surface area (Å²) < 4.78 is 0. The number of hydrogen-bond donors (Lipinski definition) is 3. The Labute approximate surface area is 91.6 Å². The summed E-state index contributed by atoms with van der Waals surface area (Å²) in [6, 6.07) is 6.81. The molecular weight excluding hydrogens is 220 g/mol. The van der Waals surface area contributed by atoms with Crippen LogP contribution < -0.4 is 16.6 Å². The van der Waals surface area contributed by atoms with Crippen LogP contribution in [0.2, 0.25) is 5.02 Å². The third-order valence-corrected chi connectivity index (χ3v) is 2.01. The topological polar surface area (TPSA) is 73.9 Å². The van der Waals surface area contributed by atoms with Crippen molar-refractivity contribution in [2.24, 2.45) is 5.84 Å². The highest BCUT2D eigenvalue weighted by molar-refractivity contribution is 7.80. The van der Waals surface area contributed by atoms with Gasteiger partial charge in [0.25, 0.3) is 0 Å². The summed E-state index contributed by atoms with van der Waals surface area (Å²) in [7, 11) is 0. The Morgan fingerprint density at radius 1 is 1.57 bits per heavy atom. The Kier molecular flexibility index (Phi) is 3.65. The van der Waals surface area contributed by atoms with Crippen LogP contribution in [-0.4, -0.2) is 5.11 Å². The molecule has 4 nitrogen and oxygen atoms in total. The molecule has 0 unspecified atom stereocenters. The van der Waals surface area contributed by atoms with Gasteiger partial charge in [-0.3, -0.25) is 0 Å². The lowest BCUT2D eigenvalue weighted by Gasteiger charge is -2.08. The minimum Gasteiger partial charge on any atom is -0.330 e. The van der Waals surface area contributed by atoms with Gasteiger partial charge in [-0.1, -0.05) is 11.6 Å². The molecule has 1 aromatic carbocycles. The minimum atomic E-state index is 0.261. The van der Waals surface area contributed by atoms with Crippen molar-refractivity contribution in [3.8, 4) is 6.07 Å². The molecular formula is C8H7ClN4S. The van der Waals surface area contributed by atoms with Gasteiger partial charge in [-0.05, 0) is 30.4 Å². The van der Waals surface area contributed by atoms with Gasteiger partial charge < -0.3 is 10.7 Å². The molecule has 0 radical (unpaired) electrons. The smallest absolute Gasteiger partial charge is 0.185 e. The highest BCUT2D eigenvalue weighted by atomic mass is 35.5. The predicted octanol–water partition coefficient (Wildman–Crippen LogP) is 1.37. The minimum absolute atomic E-state index is 0.261. The molecule has 0 aliphatic carbocycles. The zero-order valence-corrected chi connectivity index (χ0v) is 8.62. The van der Waals surface area contributed by atoms with Crippen molar-refractivity contribution in [1.29, 1.82) is 5.26 Å². The number of halogens is 1. The van der Waals surface area contributed by atoms with Gasteiger partial charge in [0.1, 0.15) is 0 Å². The summed E-state index contributed by atoms with van der Waals surface area (Å²) in [6.45, 7) is 0. The molecule has 0 aromatic heterocycles. The molecule has 0 heterocycles. The number of benzene rings is 1. The van der Waals surface area contributed by atoms with E-state index in [0.717, 1.165) is 0 Å². The molecule has 1 rings (SSSR count). The first-order chi connectivity index (χ1) is 6.67. The highest BCUT2D eigenvalue weighted by Gasteiger charge is 2.02. The van der Waals surface area contributed by atoms with Crippen molar-refractivity contribution in [2.75, 3.05) is 5.32 Å². The van der Waals surface area contributed by atoms with E-state index in [1.165, 1.54) is 0 Å². The van der Waals surface area contributed by atoms with Crippen molar-refractivity contribution in [3.63, 3.8) is 0 Å². The van der Waals surface area contributed by atoms with Gasteiger partial charge >= 0.3 is 0 Å². The number of nitriles is 1. The van der Waals surface area contributed by atoms with Crippen LogP contribution in [-0.2, 0) is 0 Å². The van der Waals surface area contributed by atoms with Crippen molar-refractivity contribution >= 4 is 34.6 Å². The molecule has 0 aliphatic rings. The molecule has 0 atom stereocenters. The molecule has 6 heteroatoms. The van der Waals surface area contributed by atoms with Crippen molar-refractivity contribution < 1.29 is 0 Å². The van der Waals surface area contributed by atoms with E-state index in [9.17, 15) is 0 Å². The maximum atomic E-state index is 8.59. The summed E-state index contributed by atoms with van der Waals surface area (Å²) in [6.07, 6.45) is 0. The summed E-state index contributed by atoms with van der Waals surface area (Å²) in [5, 5.41) is 12.0. The lowest BCUT2D eigenvalue weighted by atomic mass is 10.2. The molecule has 0 saturated heterocycles. The number of rotatable bonds is 1. The Morgan fingerprint density at radius 3 is 2.79 bits per heavy atom. The number of nitrogens with zero attached hydrogens (tertiary/aromatic N) is 1. The first-order valence-corrected chi connectivity index (χ1v) is 4.43. The van der Waals surface area contributed by atoms with Gasteiger partial charge in [0.15, 0.2) is 5.11 Å². The van der Waals surface area contributed by atoms with Crippen LogP contribution in [0.5, 0.6) is 0 Å². The number of anilines is 1. The summed E-state index contributed by atoms with van der Waals surface area (Å²) in [4.78, 5) is 0. The molecule has 0 saturated carbocycles. The van der Waals surface area contributed by atoms with Crippen molar-refractivity contribution in [3.05, 3.63) is 28.8 Å². The van der Waals surface area contributed by atoms with E-state index in [0.29, 0.717) is 16.3 Å². The van der Waals surface area contributed by atoms with E-state index in [4.69, 9.17) is 34.9 Å². The van der Waals surface area contributed by atoms with Crippen LogP contribution in [0, 0.1) is 11.3 Å². The molecule has 72 valence electrons. The van der Waals surface area contributed by atoms with Gasteiger partial charge in [-0.2, -0.15) is 5.26 Å². The maximum absolute atomic E-state index is 8.59. The average molecular weight is 227 g/mol. The van der Waals surface area contributed by atoms with Gasteiger partial charge in [0, 0.05) is 0 Å². The van der Waals surface area contributed by atoms with E-state index in [1.54, 1.807) is 18.2 Å². The Hall–Kier alpha value is -1.35. The highest BCUT2D eigenvalue weighted by Crippen LogP contribution is 2.22. The Bertz CT molecular complexity index is 399. The zero-order chi connectivity index (χ0) is 10.6. The first kappa shape index (κ1) is 10.7. The second kappa shape index (κ2) is 4.77. The van der Waals surface area contributed by atoms with E-state index in [2.05, 4.69) is 10.7 Å². The fourth-order valence-electron chi connectivity index (χ4n) is 0.844. The maximum Gasteiger partial charge on any atom is 0.185 e. The third kappa shape index (κ3) is 2.57. The fraction of sp³-hybridized carbons (Fsp3) is 0. The molecule has 0 fully saturated rings. The van der Waals surface area contributed by atoms with Gasteiger partial charge in [0.05, 0.1) is 22.3 Å². The largest absolute Gasteiger partial charge is 0.330 e. The molecule has 1 aromatic rings. The summed E-state index contributed by atoms with van der Waals surface area (Å²) >= 11 is 10.7. The summed E-state index contributed by atoms with van der Waals surface area (Å²) in [5.74, 6) is 5.08. The Balaban J connectivity index is 2.90. The standard InChI is InChI=1S/C8H7ClN4S/c9-6-3-5(4-10)1-2-7(6)12-8(14)13-11/h1-3H,11H2,(H2,12,13,14). The zero-order valence-electron chi connectivity index (χ0n) is 7.04. The monoisotopic (exact) mass is 226 g/mol. The second-order valence-corrected chi connectivity index (χ2v) is 3.22. The normalized spacial score (nSPS) is 8.93. The molecule has 4 N–H and O–H groups in total. The number of hydrazine groups is 1. The molecule has 0 aliphatic heterocycles. The lowest BCUT2D eigenvalue weighted by Crippen LogP contribution is -2.34. The van der Waals surface area contributed by atoms with Crippen LogP contribution in [0.1, 0.15) is 5.56 Å². The van der Waals surface area contributed by atoms with Crippen molar-refractivity contribution in [2.45, 2.75) is 0 Å². The molecule has 0 spiro atoms. The van der Waals surface area contributed by atoms with Crippen LogP contribution in [0.4, 0.5) is 5.69 Å². The van der Waals surface area contributed by atoms with E-state index in [1.807, 2.05) is 6.07 Å². The average Bonchev–Trinajstić information content (AvgIpc) is 2.20. The quantitative estimate of drug-likeness (QED) is 0.383. The van der Waals surface area contributed by atoms with Crippen molar-refractivity contribution in [1.82, 2.24) is 5.43 Å². The van der Waals surface area contributed by atoms with Crippen LogP contribution in [0.15, 0.2) is 18.2 Å². The number of nitrogens with two attached hydrogens (primary N) is 1. The molecule has 0 amide bonds. The van der Waals surface area contributed by atoms with E-state index in [-0.39, 0.29) is 5.11 Å². The van der Waals surface area contributed by atoms with E-state index < -0.39 is 0 Å². The second-order valence-electron chi connectivity index (χ2n) is 2.40. The van der Waals surface area contributed by atoms with Crippen LogP contribution in [0.25, 0.3) is 0 Å². The molecule has 14 heavy (non-hydrogen) atoms. The Morgan fingerprint density at radius 2 is 2.29 bits per heavy atom. The first-order valence-electron chi connectivity index (χ1n) is 3.64. The number of hydrogen-bond acceptors (Lipinski definition) is 3. The van der Waals surface area contributed by atoms with E-state index >= 15 is 0 Å². The van der Waals surface area contributed by atoms with Gasteiger partial charge in [-0.25, -0.2) is 5.84 Å². The SMILES string of the molecule is N#Cc1ccc(NC(=S)NN)c(Cl)c1. The number of nitrogens with one attached hydrogen (secondary N) is 2. The predicted molar refractivity (Wildman–Crippen MR) is 59.7 cm³/mol. The van der Waals surface area contributed by atoms with Gasteiger partial charge in [0.2, 0.25) is 0 Å². The van der Waals surface area contributed by atoms with Crippen LogP contribution in [0.3, 0.4) is 0 Å². The third-order valence-electron chi connectivity index (χ3n) is 1.48. The van der Waals surface area contributed by atoms with Gasteiger partial charge in [-0.15, -0.1) is 0 Å². The fourth-order valence-corrected chi connectivity index (χ4v) is 1.18. The van der Waals surface area contributed by atoms with Crippen LogP contribution >= 0.6 is 23.8 Å². The lowest BCUT2D eigenvalue weighted by molar-refractivity contribution is 1.04. The molecule has 0 bridgehead atoms. The number of thiocarbonyl (C=S) groups is 1. The summed E-state index contributed by atoms with van der Waals surface area (Å²) in [5.41, 5.74) is 3.36.